The van der Waals surface area contributed by atoms with E-state index in [1.165, 1.54) is 24.8 Å². The molecule has 0 amide bonds. The summed E-state index contributed by atoms with van der Waals surface area (Å²) in [5, 5.41) is 8.24. The van der Waals surface area contributed by atoms with Crippen molar-refractivity contribution < 1.29 is 0 Å². The molecule has 3 heterocycles. The van der Waals surface area contributed by atoms with Crippen LogP contribution in [-0.4, -0.2) is 49.9 Å². The molecule has 0 unspecified atom stereocenters. The Kier molecular flexibility index (Phi) is 5.47. The standard InChI is InChI=1S/C18H22N8S/c1-19-15-21-16(25-10-6-3-7-11-25)23-17(22-15)26-13-20-18(24-26)27-12-14-8-4-2-5-9-14/h2,4-5,8-9,13H,3,6-7,10-12H2,1H3,(H,19,21,22,23). The molecule has 3 aromatic rings. The fourth-order valence-electron chi connectivity index (χ4n) is 2.94. The molecule has 1 N–H and O–H groups in total. The van der Waals surface area contributed by atoms with Gasteiger partial charge in [-0.2, -0.15) is 19.6 Å². The molecule has 0 aliphatic carbocycles. The van der Waals surface area contributed by atoms with Crippen LogP contribution in [0.5, 0.6) is 0 Å². The molecule has 0 bridgehead atoms. The number of nitrogens with zero attached hydrogens (tertiary/aromatic N) is 7. The largest absolute Gasteiger partial charge is 0.357 e. The van der Waals surface area contributed by atoms with Gasteiger partial charge in [0.25, 0.3) is 5.95 Å². The van der Waals surface area contributed by atoms with Crippen LogP contribution in [-0.2, 0) is 5.75 Å². The normalized spacial score (nSPS) is 14.3. The van der Waals surface area contributed by atoms with Gasteiger partial charge in [-0.15, -0.1) is 5.10 Å². The van der Waals surface area contributed by atoms with Crippen LogP contribution in [0.3, 0.4) is 0 Å². The van der Waals surface area contributed by atoms with Gasteiger partial charge in [-0.3, -0.25) is 0 Å². The topological polar surface area (TPSA) is 84.7 Å². The van der Waals surface area contributed by atoms with E-state index in [1.54, 1.807) is 22.8 Å². The third kappa shape index (κ3) is 4.36. The number of aromatic nitrogens is 6. The van der Waals surface area contributed by atoms with Crippen molar-refractivity contribution in [3.05, 3.63) is 42.2 Å². The summed E-state index contributed by atoms with van der Waals surface area (Å²) < 4.78 is 1.61. The summed E-state index contributed by atoms with van der Waals surface area (Å²) in [6.07, 6.45) is 5.25. The maximum absolute atomic E-state index is 4.62. The second-order valence-corrected chi connectivity index (χ2v) is 7.25. The zero-order valence-electron chi connectivity index (χ0n) is 15.2. The SMILES string of the molecule is CNc1nc(N2CCCCC2)nc(-n2cnc(SCc3ccccc3)n2)n1. The minimum absolute atomic E-state index is 0.481. The summed E-state index contributed by atoms with van der Waals surface area (Å²) in [6.45, 7) is 1.95. The van der Waals surface area contributed by atoms with Crippen LogP contribution < -0.4 is 10.2 Å². The molecule has 0 atom stereocenters. The molecule has 0 spiro atoms. The Labute approximate surface area is 162 Å². The molecule has 1 saturated heterocycles. The van der Waals surface area contributed by atoms with Gasteiger partial charge >= 0.3 is 0 Å². The van der Waals surface area contributed by atoms with Crippen molar-refractivity contribution in [3.8, 4) is 5.95 Å². The number of rotatable bonds is 6. The predicted molar refractivity (Wildman–Crippen MR) is 106 cm³/mol. The molecular formula is C18H22N8S. The van der Waals surface area contributed by atoms with Gasteiger partial charge in [0.15, 0.2) is 0 Å². The average molecular weight is 382 g/mol. The molecular weight excluding hydrogens is 360 g/mol. The zero-order chi connectivity index (χ0) is 18.5. The fraction of sp³-hybridized carbons (Fsp3) is 0.389. The van der Waals surface area contributed by atoms with Crippen LogP contribution in [0, 0.1) is 0 Å². The summed E-state index contributed by atoms with van der Waals surface area (Å²) in [5.41, 5.74) is 1.24. The lowest BCUT2D eigenvalue weighted by Crippen LogP contribution is -2.31. The Balaban J connectivity index is 1.53. The van der Waals surface area contributed by atoms with Gasteiger partial charge in [0.1, 0.15) is 6.33 Å². The highest BCUT2D eigenvalue weighted by atomic mass is 32.2. The van der Waals surface area contributed by atoms with E-state index < -0.39 is 0 Å². The van der Waals surface area contributed by atoms with Crippen molar-refractivity contribution >= 4 is 23.7 Å². The predicted octanol–water partition coefficient (Wildman–Crippen LogP) is 2.78. The second-order valence-electron chi connectivity index (χ2n) is 6.30. The first-order valence-electron chi connectivity index (χ1n) is 9.09. The second kappa shape index (κ2) is 8.34. The molecule has 2 aromatic heterocycles. The van der Waals surface area contributed by atoms with Gasteiger partial charge in [-0.1, -0.05) is 42.1 Å². The van der Waals surface area contributed by atoms with Gasteiger partial charge in [0.2, 0.25) is 17.1 Å². The maximum Gasteiger partial charge on any atom is 0.258 e. The van der Waals surface area contributed by atoms with Gasteiger partial charge in [0, 0.05) is 25.9 Å². The molecule has 1 aliphatic heterocycles. The number of anilines is 2. The third-order valence-electron chi connectivity index (χ3n) is 4.36. The van der Waals surface area contributed by atoms with Crippen molar-refractivity contribution in [1.29, 1.82) is 0 Å². The monoisotopic (exact) mass is 382 g/mol. The van der Waals surface area contributed by atoms with E-state index in [-0.39, 0.29) is 0 Å². The van der Waals surface area contributed by atoms with E-state index in [4.69, 9.17) is 0 Å². The number of nitrogens with one attached hydrogen (secondary N) is 1. The number of hydrogen-bond donors (Lipinski definition) is 1. The molecule has 1 aliphatic rings. The summed E-state index contributed by atoms with van der Waals surface area (Å²) in [7, 11) is 1.81. The minimum Gasteiger partial charge on any atom is -0.357 e. The van der Waals surface area contributed by atoms with Gasteiger partial charge < -0.3 is 10.2 Å². The number of thioether (sulfide) groups is 1. The lowest BCUT2D eigenvalue weighted by Gasteiger charge is -2.26. The first kappa shape index (κ1) is 17.7. The molecule has 9 heteroatoms. The van der Waals surface area contributed by atoms with E-state index in [0.29, 0.717) is 23.0 Å². The summed E-state index contributed by atoms with van der Waals surface area (Å²) in [6, 6.07) is 10.3. The maximum atomic E-state index is 4.62. The summed E-state index contributed by atoms with van der Waals surface area (Å²) in [5.74, 6) is 2.53. The smallest absolute Gasteiger partial charge is 0.258 e. The molecule has 4 rings (SSSR count). The van der Waals surface area contributed by atoms with Crippen LogP contribution in [0.4, 0.5) is 11.9 Å². The first-order valence-corrected chi connectivity index (χ1v) is 10.1. The summed E-state index contributed by atoms with van der Waals surface area (Å²) in [4.78, 5) is 20.2. The highest BCUT2D eigenvalue weighted by Crippen LogP contribution is 2.21. The highest BCUT2D eigenvalue weighted by Gasteiger charge is 2.17. The number of hydrogen-bond acceptors (Lipinski definition) is 8. The van der Waals surface area contributed by atoms with Crippen molar-refractivity contribution in [2.45, 2.75) is 30.2 Å². The average Bonchev–Trinajstić information content (AvgIpc) is 3.22. The van der Waals surface area contributed by atoms with Crippen LogP contribution in [0.2, 0.25) is 0 Å². The van der Waals surface area contributed by atoms with Gasteiger partial charge in [-0.25, -0.2) is 4.98 Å². The van der Waals surface area contributed by atoms with E-state index >= 15 is 0 Å². The molecule has 0 radical (unpaired) electrons. The summed E-state index contributed by atoms with van der Waals surface area (Å²) >= 11 is 1.59. The zero-order valence-corrected chi connectivity index (χ0v) is 16.1. The molecule has 0 saturated carbocycles. The lowest BCUT2D eigenvalue weighted by atomic mass is 10.1. The minimum atomic E-state index is 0.481. The van der Waals surface area contributed by atoms with Crippen LogP contribution >= 0.6 is 11.8 Å². The third-order valence-corrected chi connectivity index (χ3v) is 5.28. The fourth-order valence-corrected chi connectivity index (χ4v) is 3.69. The number of benzene rings is 1. The van der Waals surface area contributed by atoms with E-state index in [0.717, 1.165) is 18.8 Å². The van der Waals surface area contributed by atoms with E-state index in [2.05, 4.69) is 47.4 Å². The van der Waals surface area contributed by atoms with Crippen LogP contribution in [0.1, 0.15) is 24.8 Å². The van der Waals surface area contributed by atoms with Crippen molar-refractivity contribution in [2.75, 3.05) is 30.4 Å². The van der Waals surface area contributed by atoms with Crippen molar-refractivity contribution in [1.82, 2.24) is 29.7 Å². The van der Waals surface area contributed by atoms with Crippen molar-refractivity contribution in [2.24, 2.45) is 0 Å². The first-order chi connectivity index (χ1) is 13.3. The molecule has 27 heavy (non-hydrogen) atoms. The molecule has 1 fully saturated rings. The van der Waals surface area contributed by atoms with Crippen LogP contribution in [0.25, 0.3) is 5.95 Å². The lowest BCUT2D eigenvalue weighted by molar-refractivity contribution is 0.566. The Morgan fingerprint density at radius 1 is 1.00 bits per heavy atom. The number of piperidine rings is 1. The van der Waals surface area contributed by atoms with Gasteiger partial charge in [-0.05, 0) is 24.8 Å². The molecule has 8 nitrogen and oxygen atoms in total. The van der Waals surface area contributed by atoms with Gasteiger partial charge in [0.05, 0.1) is 0 Å². The Morgan fingerprint density at radius 2 is 1.78 bits per heavy atom. The van der Waals surface area contributed by atoms with Crippen molar-refractivity contribution in [3.63, 3.8) is 0 Å². The quantitative estimate of drug-likeness (QED) is 0.652. The molecule has 140 valence electrons. The van der Waals surface area contributed by atoms with Crippen LogP contribution in [0.15, 0.2) is 41.8 Å². The molecule has 1 aromatic carbocycles. The van der Waals surface area contributed by atoms with E-state index in [9.17, 15) is 0 Å². The highest BCUT2D eigenvalue weighted by molar-refractivity contribution is 7.98. The Bertz CT molecular complexity index is 876. The Hall–Kier alpha value is -2.68. The van der Waals surface area contributed by atoms with E-state index in [1.807, 2.05) is 25.2 Å². The Morgan fingerprint density at radius 3 is 2.56 bits per heavy atom.